The smallest absolute Gasteiger partial charge is 0.169 e. The van der Waals surface area contributed by atoms with Gasteiger partial charge in [0.15, 0.2) is 5.75 Å². The molecular weight excluding hydrogens is 252 g/mol. The van der Waals surface area contributed by atoms with Crippen LogP contribution in [0.5, 0.6) is 11.5 Å². The number of nitrogens with zero attached hydrogens (tertiary/aromatic N) is 2. The molecule has 0 unspecified atom stereocenters. The molecule has 0 atom stereocenters. The number of aryl methyl sites for hydroxylation is 1. The molecule has 0 fully saturated rings. The molecule has 0 saturated carbocycles. The summed E-state index contributed by atoms with van der Waals surface area (Å²) in [6, 6.07) is 5.88. The highest BCUT2D eigenvalue weighted by molar-refractivity contribution is 5.41. The lowest BCUT2D eigenvalue weighted by atomic mass is 10.1. The van der Waals surface area contributed by atoms with Gasteiger partial charge in [-0.15, -0.1) is 0 Å². The number of aliphatic hydroxyl groups is 1. The van der Waals surface area contributed by atoms with E-state index >= 15 is 0 Å². The summed E-state index contributed by atoms with van der Waals surface area (Å²) in [7, 11) is 0. The molecule has 0 radical (unpaired) electrons. The molecule has 2 rings (SSSR count). The summed E-state index contributed by atoms with van der Waals surface area (Å²) in [5.74, 6) is 2.20. The topological polar surface area (TPSA) is 55.2 Å². The van der Waals surface area contributed by atoms with Gasteiger partial charge in [-0.05, 0) is 31.0 Å². The van der Waals surface area contributed by atoms with Crippen LogP contribution in [0.25, 0.3) is 0 Å². The van der Waals surface area contributed by atoms with E-state index < -0.39 is 0 Å². The zero-order valence-electron chi connectivity index (χ0n) is 12.3. The number of aliphatic hydroxyl groups excluding tert-OH is 1. The van der Waals surface area contributed by atoms with E-state index in [2.05, 4.69) is 9.97 Å². The van der Waals surface area contributed by atoms with E-state index in [1.54, 1.807) is 6.20 Å². The quantitative estimate of drug-likeness (QED) is 0.925. The summed E-state index contributed by atoms with van der Waals surface area (Å²) in [5, 5.41) is 9.46. The maximum atomic E-state index is 9.46. The Morgan fingerprint density at radius 1 is 1.20 bits per heavy atom. The van der Waals surface area contributed by atoms with Crippen LogP contribution in [0.2, 0.25) is 0 Å². The van der Waals surface area contributed by atoms with E-state index in [0.29, 0.717) is 17.3 Å². The van der Waals surface area contributed by atoms with Crippen LogP contribution in [-0.4, -0.2) is 15.1 Å². The Bertz CT molecular complexity index is 609. The van der Waals surface area contributed by atoms with Gasteiger partial charge in [0.2, 0.25) is 0 Å². The first-order valence-corrected chi connectivity index (χ1v) is 6.73. The van der Waals surface area contributed by atoms with Crippen LogP contribution in [-0.2, 0) is 6.61 Å². The van der Waals surface area contributed by atoms with Gasteiger partial charge >= 0.3 is 0 Å². The van der Waals surface area contributed by atoms with Crippen LogP contribution < -0.4 is 4.74 Å². The Hall–Kier alpha value is -1.94. The maximum absolute atomic E-state index is 9.46. The molecule has 2 aromatic rings. The number of aromatic nitrogens is 2. The summed E-state index contributed by atoms with van der Waals surface area (Å²) in [5.41, 5.74) is 2.75. The first-order chi connectivity index (χ1) is 9.52. The second-order valence-electron chi connectivity index (χ2n) is 5.15. The lowest BCUT2D eigenvalue weighted by Gasteiger charge is -2.13. The first-order valence-electron chi connectivity index (χ1n) is 6.73. The van der Waals surface area contributed by atoms with Crippen LogP contribution in [0.3, 0.4) is 0 Å². The van der Waals surface area contributed by atoms with Crippen molar-refractivity contribution in [2.24, 2.45) is 0 Å². The van der Waals surface area contributed by atoms with Crippen LogP contribution in [0, 0.1) is 13.8 Å². The van der Waals surface area contributed by atoms with Crippen molar-refractivity contribution >= 4 is 0 Å². The molecule has 1 aromatic carbocycles. The Kier molecular flexibility index (Phi) is 4.35. The van der Waals surface area contributed by atoms with Crippen molar-refractivity contribution in [2.75, 3.05) is 0 Å². The third kappa shape index (κ3) is 2.96. The molecule has 106 valence electrons. The Morgan fingerprint density at radius 3 is 2.60 bits per heavy atom. The molecule has 0 amide bonds. The predicted molar refractivity (Wildman–Crippen MR) is 78.0 cm³/mol. The van der Waals surface area contributed by atoms with Gasteiger partial charge in [0.25, 0.3) is 0 Å². The van der Waals surface area contributed by atoms with Crippen LogP contribution in [0.4, 0.5) is 0 Å². The number of benzene rings is 1. The lowest BCUT2D eigenvalue weighted by Crippen LogP contribution is -2.04. The maximum Gasteiger partial charge on any atom is 0.169 e. The molecule has 0 saturated heterocycles. The Labute approximate surface area is 119 Å². The normalized spacial score (nSPS) is 10.9. The van der Waals surface area contributed by atoms with E-state index in [9.17, 15) is 5.11 Å². The minimum atomic E-state index is -0.164. The van der Waals surface area contributed by atoms with Gasteiger partial charge in [-0.2, -0.15) is 0 Å². The highest BCUT2D eigenvalue weighted by atomic mass is 16.5. The highest BCUT2D eigenvalue weighted by Gasteiger charge is 2.12. The van der Waals surface area contributed by atoms with Crippen molar-refractivity contribution in [3.63, 3.8) is 0 Å². The molecule has 1 heterocycles. The van der Waals surface area contributed by atoms with E-state index in [4.69, 9.17) is 4.74 Å². The molecule has 20 heavy (non-hydrogen) atoms. The van der Waals surface area contributed by atoms with E-state index in [1.165, 1.54) is 0 Å². The zero-order valence-corrected chi connectivity index (χ0v) is 12.3. The molecule has 1 N–H and O–H groups in total. The fourth-order valence-corrected chi connectivity index (χ4v) is 1.85. The molecule has 0 spiro atoms. The van der Waals surface area contributed by atoms with Crippen molar-refractivity contribution in [3.05, 3.63) is 47.0 Å². The minimum Gasteiger partial charge on any atom is -0.453 e. The highest BCUT2D eigenvalue weighted by Crippen LogP contribution is 2.28. The monoisotopic (exact) mass is 272 g/mol. The Balaban J connectivity index is 2.36. The van der Waals surface area contributed by atoms with Gasteiger partial charge in [0.1, 0.15) is 17.3 Å². The molecule has 0 aliphatic carbocycles. The standard InChI is InChI=1S/C16H20N2O2/c1-10(2)16-17-8-15(13(9-19)18-16)20-14-7-5-6-11(3)12(14)4/h5-8,10,19H,9H2,1-4H3. The summed E-state index contributed by atoms with van der Waals surface area (Å²) in [6.07, 6.45) is 1.63. The average Bonchev–Trinajstić information content (AvgIpc) is 2.44. The first kappa shape index (κ1) is 14.5. The van der Waals surface area contributed by atoms with Crippen LogP contribution >= 0.6 is 0 Å². The predicted octanol–water partition coefficient (Wildman–Crippen LogP) is 3.50. The third-order valence-corrected chi connectivity index (χ3v) is 3.29. The SMILES string of the molecule is Cc1cccc(Oc2cnc(C(C)C)nc2CO)c1C. The van der Waals surface area contributed by atoms with Crippen molar-refractivity contribution in [3.8, 4) is 11.5 Å². The van der Waals surface area contributed by atoms with Gasteiger partial charge < -0.3 is 9.84 Å². The van der Waals surface area contributed by atoms with Crippen molar-refractivity contribution in [1.29, 1.82) is 0 Å². The number of ether oxygens (including phenoxy) is 1. The van der Waals surface area contributed by atoms with Crippen molar-refractivity contribution < 1.29 is 9.84 Å². The summed E-state index contributed by atoms with van der Waals surface area (Å²) < 4.78 is 5.86. The van der Waals surface area contributed by atoms with E-state index in [1.807, 2.05) is 45.9 Å². The second kappa shape index (κ2) is 6.01. The second-order valence-corrected chi connectivity index (χ2v) is 5.15. The van der Waals surface area contributed by atoms with Crippen LogP contribution in [0.15, 0.2) is 24.4 Å². The zero-order chi connectivity index (χ0) is 14.7. The van der Waals surface area contributed by atoms with Crippen LogP contribution in [0.1, 0.15) is 42.4 Å². The largest absolute Gasteiger partial charge is 0.453 e. The van der Waals surface area contributed by atoms with Gasteiger partial charge in [0, 0.05) is 5.92 Å². The van der Waals surface area contributed by atoms with E-state index in [0.717, 1.165) is 16.9 Å². The Morgan fingerprint density at radius 2 is 1.95 bits per heavy atom. The van der Waals surface area contributed by atoms with Gasteiger partial charge in [-0.25, -0.2) is 9.97 Å². The molecule has 1 aromatic heterocycles. The number of rotatable bonds is 4. The molecule has 4 heteroatoms. The van der Waals surface area contributed by atoms with E-state index in [-0.39, 0.29) is 12.5 Å². The molecule has 0 aliphatic heterocycles. The van der Waals surface area contributed by atoms with Crippen molar-refractivity contribution in [2.45, 2.75) is 40.2 Å². The molecule has 0 bridgehead atoms. The number of hydrogen-bond donors (Lipinski definition) is 1. The lowest BCUT2D eigenvalue weighted by molar-refractivity contribution is 0.269. The number of hydrogen-bond acceptors (Lipinski definition) is 4. The van der Waals surface area contributed by atoms with Gasteiger partial charge in [0.05, 0.1) is 12.8 Å². The van der Waals surface area contributed by atoms with Gasteiger partial charge in [-0.1, -0.05) is 26.0 Å². The fourth-order valence-electron chi connectivity index (χ4n) is 1.85. The molecule has 0 aliphatic rings. The minimum absolute atomic E-state index is 0.164. The summed E-state index contributed by atoms with van der Waals surface area (Å²) in [4.78, 5) is 8.64. The van der Waals surface area contributed by atoms with Gasteiger partial charge in [-0.3, -0.25) is 0 Å². The molecular formula is C16H20N2O2. The average molecular weight is 272 g/mol. The molecule has 4 nitrogen and oxygen atoms in total. The summed E-state index contributed by atoms with van der Waals surface area (Å²) in [6.45, 7) is 7.91. The summed E-state index contributed by atoms with van der Waals surface area (Å²) >= 11 is 0. The third-order valence-electron chi connectivity index (χ3n) is 3.29. The van der Waals surface area contributed by atoms with Crippen molar-refractivity contribution in [1.82, 2.24) is 9.97 Å². The fraction of sp³-hybridized carbons (Fsp3) is 0.375.